The van der Waals surface area contributed by atoms with Gasteiger partial charge in [-0.25, -0.2) is 5.43 Å². The van der Waals surface area contributed by atoms with E-state index in [0.29, 0.717) is 18.6 Å². The number of nitriles is 1. The van der Waals surface area contributed by atoms with Gasteiger partial charge < -0.3 is 9.75 Å². The molecule has 31 heavy (non-hydrogen) atoms. The van der Waals surface area contributed by atoms with Crippen LogP contribution < -0.4 is 5.43 Å². The smallest absolute Gasteiger partial charge is 0.312 e. The van der Waals surface area contributed by atoms with Crippen LogP contribution in [-0.2, 0) is 16.3 Å². The van der Waals surface area contributed by atoms with Gasteiger partial charge in [-0.15, -0.1) is 5.10 Å². The van der Waals surface area contributed by atoms with Gasteiger partial charge in [0, 0.05) is 29.9 Å². The van der Waals surface area contributed by atoms with Crippen LogP contribution in [0, 0.1) is 16.7 Å². The van der Waals surface area contributed by atoms with Crippen LogP contribution in [0.25, 0.3) is 16.6 Å². The molecule has 0 atom stereocenters. The summed E-state index contributed by atoms with van der Waals surface area (Å²) in [6, 6.07) is 4.38. The van der Waals surface area contributed by atoms with Gasteiger partial charge in [0.2, 0.25) is 0 Å². The third kappa shape index (κ3) is 4.15. The molecule has 2 aromatic heterocycles. The van der Waals surface area contributed by atoms with E-state index in [1.54, 1.807) is 10.8 Å². The molecule has 164 valence electrons. The summed E-state index contributed by atoms with van der Waals surface area (Å²) < 4.78 is 7.25. The summed E-state index contributed by atoms with van der Waals surface area (Å²) >= 11 is 0. The van der Waals surface area contributed by atoms with Crippen molar-refractivity contribution in [2.45, 2.75) is 71.6 Å². The van der Waals surface area contributed by atoms with Crippen LogP contribution in [0.1, 0.15) is 64.9 Å². The maximum atomic E-state index is 12.1. The topological polar surface area (TPSA) is 96.1 Å². The summed E-state index contributed by atoms with van der Waals surface area (Å²) in [4.78, 5) is 12.1. The van der Waals surface area contributed by atoms with Crippen LogP contribution in [0.3, 0.4) is 0 Å². The monoisotopic (exact) mass is 422 g/mol. The molecule has 4 rings (SSSR count). The summed E-state index contributed by atoms with van der Waals surface area (Å²) in [5, 5.41) is 21.1. The van der Waals surface area contributed by atoms with Gasteiger partial charge in [0.05, 0.1) is 29.6 Å². The zero-order valence-electron chi connectivity index (χ0n) is 18.5. The van der Waals surface area contributed by atoms with Crippen molar-refractivity contribution in [2.75, 3.05) is 6.54 Å². The normalized spacial score (nSPS) is 18.6. The number of ether oxygens (including phenoxy) is 1. The lowest BCUT2D eigenvalue weighted by molar-refractivity contribution is -0.156. The predicted octanol–water partition coefficient (Wildman–Crippen LogP) is 3.76. The fourth-order valence-electron chi connectivity index (χ4n) is 4.45. The second-order valence-electron chi connectivity index (χ2n) is 9.57. The SMILES string of the molecule is CC(C)(C)C(=O)OCn1ccc2c(C3=CN(C4(CC#N)CCCCC4)NC3)cnnc21. The molecule has 0 amide bonds. The molecule has 2 aliphatic rings. The Morgan fingerprint density at radius 1 is 1.32 bits per heavy atom. The number of aromatic nitrogens is 3. The van der Waals surface area contributed by atoms with Crippen molar-refractivity contribution in [3.63, 3.8) is 0 Å². The molecule has 1 saturated carbocycles. The number of hydrogen-bond donors (Lipinski definition) is 1. The van der Waals surface area contributed by atoms with Gasteiger partial charge in [0.25, 0.3) is 0 Å². The Kier molecular flexibility index (Phi) is 5.71. The van der Waals surface area contributed by atoms with Gasteiger partial charge >= 0.3 is 5.97 Å². The van der Waals surface area contributed by atoms with E-state index < -0.39 is 5.41 Å². The van der Waals surface area contributed by atoms with Crippen molar-refractivity contribution in [3.05, 3.63) is 30.2 Å². The first kappa shape index (κ1) is 21.3. The molecule has 0 unspecified atom stereocenters. The minimum atomic E-state index is -0.553. The van der Waals surface area contributed by atoms with Crippen molar-refractivity contribution in [2.24, 2.45) is 5.41 Å². The van der Waals surface area contributed by atoms with Crippen molar-refractivity contribution < 1.29 is 9.53 Å². The van der Waals surface area contributed by atoms with E-state index in [4.69, 9.17) is 4.74 Å². The van der Waals surface area contributed by atoms with Crippen LogP contribution in [-0.4, -0.2) is 37.8 Å². The van der Waals surface area contributed by atoms with E-state index in [0.717, 1.165) is 42.2 Å². The summed E-state index contributed by atoms with van der Waals surface area (Å²) in [6.45, 7) is 6.28. The Labute approximate surface area is 182 Å². The predicted molar refractivity (Wildman–Crippen MR) is 117 cm³/mol. The highest BCUT2D eigenvalue weighted by atomic mass is 16.5. The second kappa shape index (κ2) is 8.31. The van der Waals surface area contributed by atoms with E-state index in [2.05, 4.69) is 32.9 Å². The lowest BCUT2D eigenvalue weighted by atomic mass is 9.79. The van der Waals surface area contributed by atoms with Crippen molar-refractivity contribution in [3.8, 4) is 6.07 Å². The second-order valence-corrected chi connectivity index (χ2v) is 9.57. The minimum absolute atomic E-state index is 0.104. The molecule has 1 fully saturated rings. The molecular formula is C23H30N6O2. The summed E-state index contributed by atoms with van der Waals surface area (Å²) in [7, 11) is 0. The standard InChI is InChI=1S/C23H30N6O2/c1-22(2,3)21(30)31-16-28-12-7-18-19(14-25-27-20(18)28)17-13-26-29(15-17)23(10-11-24)8-5-4-6-9-23/h7,12,14-15,26H,4-6,8-10,13,16H2,1-3H3. The van der Waals surface area contributed by atoms with Crippen LogP contribution in [0.2, 0.25) is 0 Å². The lowest BCUT2D eigenvalue weighted by Crippen LogP contribution is -2.51. The number of nitrogens with zero attached hydrogens (tertiary/aromatic N) is 5. The van der Waals surface area contributed by atoms with Gasteiger partial charge in [0.15, 0.2) is 12.4 Å². The van der Waals surface area contributed by atoms with Gasteiger partial charge in [-0.05, 0) is 45.3 Å². The summed E-state index contributed by atoms with van der Waals surface area (Å²) in [5.41, 5.74) is 5.61. The minimum Gasteiger partial charge on any atom is -0.443 e. The Bertz CT molecular complexity index is 1040. The number of hydrazine groups is 1. The van der Waals surface area contributed by atoms with E-state index in [1.165, 1.54) is 6.42 Å². The van der Waals surface area contributed by atoms with Gasteiger partial charge in [-0.3, -0.25) is 9.36 Å². The van der Waals surface area contributed by atoms with Crippen molar-refractivity contribution >= 4 is 22.6 Å². The van der Waals surface area contributed by atoms with E-state index >= 15 is 0 Å². The number of hydrogen-bond acceptors (Lipinski definition) is 7. The lowest BCUT2D eigenvalue weighted by Gasteiger charge is -2.43. The molecule has 1 N–H and O–H groups in total. The van der Waals surface area contributed by atoms with Gasteiger partial charge in [-0.1, -0.05) is 19.3 Å². The van der Waals surface area contributed by atoms with Crippen LogP contribution in [0.4, 0.5) is 0 Å². The Morgan fingerprint density at radius 3 is 2.81 bits per heavy atom. The fraction of sp³-hybridized carbons (Fsp3) is 0.565. The first-order chi connectivity index (χ1) is 14.8. The molecule has 1 aliphatic carbocycles. The molecule has 0 spiro atoms. The third-order valence-corrected chi connectivity index (χ3v) is 6.28. The zero-order chi connectivity index (χ0) is 22.1. The van der Waals surface area contributed by atoms with Gasteiger partial charge in [0.1, 0.15) is 0 Å². The largest absolute Gasteiger partial charge is 0.443 e. The quantitative estimate of drug-likeness (QED) is 0.733. The molecule has 0 aromatic carbocycles. The number of rotatable bonds is 5. The van der Waals surface area contributed by atoms with Crippen LogP contribution in [0.5, 0.6) is 0 Å². The van der Waals surface area contributed by atoms with Gasteiger partial charge in [-0.2, -0.15) is 10.4 Å². The van der Waals surface area contributed by atoms with E-state index in [1.807, 2.05) is 33.0 Å². The average molecular weight is 423 g/mol. The molecule has 8 heteroatoms. The highest BCUT2D eigenvalue weighted by Crippen LogP contribution is 2.38. The summed E-state index contributed by atoms with van der Waals surface area (Å²) in [6.07, 6.45) is 11.9. The maximum absolute atomic E-state index is 12.1. The Hall–Kier alpha value is -2.92. The fourth-order valence-corrected chi connectivity index (χ4v) is 4.45. The molecule has 8 nitrogen and oxygen atoms in total. The average Bonchev–Trinajstić information content (AvgIpc) is 3.40. The van der Waals surface area contributed by atoms with Crippen LogP contribution >= 0.6 is 0 Å². The van der Waals surface area contributed by atoms with E-state index in [9.17, 15) is 10.1 Å². The number of esters is 1. The maximum Gasteiger partial charge on any atom is 0.312 e. The highest BCUT2D eigenvalue weighted by molar-refractivity contribution is 5.90. The Morgan fingerprint density at radius 2 is 2.10 bits per heavy atom. The molecular weight excluding hydrogens is 392 g/mol. The molecule has 0 bridgehead atoms. The number of nitrogens with one attached hydrogen (secondary N) is 1. The molecule has 3 heterocycles. The number of carbonyl (C=O) groups is 1. The first-order valence-electron chi connectivity index (χ1n) is 10.9. The van der Waals surface area contributed by atoms with Crippen molar-refractivity contribution in [1.29, 1.82) is 5.26 Å². The summed E-state index contributed by atoms with van der Waals surface area (Å²) in [5.74, 6) is -0.257. The number of fused-ring (bicyclic) bond motifs is 1. The Balaban J connectivity index is 1.59. The van der Waals surface area contributed by atoms with Crippen LogP contribution in [0.15, 0.2) is 24.7 Å². The van der Waals surface area contributed by atoms with Crippen molar-refractivity contribution in [1.82, 2.24) is 25.2 Å². The van der Waals surface area contributed by atoms with E-state index in [-0.39, 0.29) is 18.2 Å². The molecule has 0 saturated heterocycles. The first-order valence-corrected chi connectivity index (χ1v) is 10.9. The highest BCUT2D eigenvalue weighted by Gasteiger charge is 2.39. The molecule has 1 aliphatic heterocycles. The molecule has 2 aromatic rings. The zero-order valence-corrected chi connectivity index (χ0v) is 18.5. The molecule has 0 radical (unpaired) electrons. The number of carbonyl (C=O) groups excluding carboxylic acids is 1. The third-order valence-electron chi connectivity index (χ3n) is 6.28.